The average Bonchev–Trinajstić information content (AvgIpc) is 3.15. The Morgan fingerprint density at radius 3 is 2.74 bits per heavy atom. The molecular formula is C22H29BrN2O2. The van der Waals surface area contributed by atoms with Crippen LogP contribution in [0.25, 0.3) is 0 Å². The highest BCUT2D eigenvalue weighted by atomic mass is 79.9. The summed E-state index contributed by atoms with van der Waals surface area (Å²) >= 11 is 3.65. The van der Waals surface area contributed by atoms with E-state index in [1.54, 1.807) is 7.11 Å². The molecular weight excluding hydrogens is 404 g/mol. The molecule has 0 radical (unpaired) electrons. The molecule has 2 aromatic carbocycles. The molecule has 0 spiro atoms. The molecule has 1 aliphatic heterocycles. The molecule has 1 heterocycles. The summed E-state index contributed by atoms with van der Waals surface area (Å²) in [6.07, 6.45) is 2.60. The first kappa shape index (κ1) is 20.2. The van der Waals surface area contributed by atoms with Crippen molar-refractivity contribution in [3.05, 3.63) is 58.1 Å². The summed E-state index contributed by atoms with van der Waals surface area (Å²) in [4.78, 5) is 2.56. The van der Waals surface area contributed by atoms with Crippen LogP contribution in [0.3, 0.4) is 0 Å². The Labute approximate surface area is 171 Å². The predicted molar refractivity (Wildman–Crippen MR) is 113 cm³/mol. The van der Waals surface area contributed by atoms with Crippen LogP contribution in [0.1, 0.15) is 30.9 Å². The van der Waals surface area contributed by atoms with Crippen molar-refractivity contribution >= 4 is 15.9 Å². The monoisotopic (exact) mass is 432 g/mol. The number of hydrogen-bond acceptors (Lipinski definition) is 4. The molecule has 27 heavy (non-hydrogen) atoms. The van der Waals surface area contributed by atoms with Crippen molar-refractivity contribution in [2.24, 2.45) is 0 Å². The van der Waals surface area contributed by atoms with Gasteiger partial charge in [0.1, 0.15) is 6.61 Å². The summed E-state index contributed by atoms with van der Waals surface area (Å²) in [5, 5.41) is 3.60. The highest BCUT2D eigenvalue weighted by Crippen LogP contribution is 2.37. The Balaban J connectivity index is 1.59. The van der Waals surface area contributed by atoms with E-state index in [1.807, 2.05) is 18.2 Å². The van der Waals surface area contributed by atoms with Crippen LogP contribution in [0, 0.1) is 0 Å². The number of hydrogen-bond donors (Lipinski definition) is 1. The van der Waals surface area contributed by atoms with E-state index in [9.17, 15) is 0 Å². The van der Waals surface area contributed by atoms with Gasteiger partial charge in [0.15, 0.2) is 11.5 Å². The molecule has 0 saturated carbocycles. The first-order valence-electron chi connectivity index (χ1n) is 9.69. The van der Waals surface area contributed by atoms with E-state index in [0.29, 0.717) is 12.6 Å². The van der Waals surface area contributed by atoms with Crippen LogP contribution >= 0.6 is 15.9 Å². The summed E-state index contributed by atoms with van der Waals surface area (Å²) < 4.78 is 12.5. The van der Waals surface area contributed by atoms with Crippen molar-refractivity contribution < 1.29 is 9.47 Å². The zero-order chi connectivity index (χ0) is 19.1. The quantitative estimate of drug-likeness (QED) is 0.626. The van der Waals surface area contributed by atoms with Gasteiger partial charge in [0.2, 0.25) is 0 Å². The Bertz CT molecular complexity index is 724. The summed E-state index contributed by atoms with van der Waals surface area (Å²) in [7, 11) is 1.69. The lowest BCUT2D eigenvalue weighted by molar-refractivity contribution is 0.259. The molecule has 146 valence electrons. The van der Waals surface area contributed by atoms with Crippen LogP contribution in [0.15, 0.2) is 46.9 Å². The van der Waals surface area contributed by atoms with E-state index in [4.69, 9.17) is 9.47 Å². The van der Waals surface area contributed by atoms with Crippen LogP contribution in [0.4, 0.5) is 0 Å². The van der Waals surface area contributed by atoms with E-state index in [2.05, 4.69) is 57.3 Å². The number of ether oxygens (including phenoxy) is 2. The maximum atomic E-state index is 6.02. The molecule has 0 aromatic heterocycles. The fourth-order valence-corrected chi connectivity index (χ4v) is 4.27. The predicted octanol–water partition coefficient (Wildman–Crippen LogP) is 4.61. The molecule has 1 saturated heterocycles. The maximum absolute atomic E-state index is 6.02. The van der Waals surface area contributed by atoms with Crippen LogP contribution in [0.2, 0.25) is 0 Å². The number of rotatable bonds is 9. The van der Waals surface area contributed by atoms with Crippen molar-refractivity contribution in [3.8, 4) is 11.5 Å². The molecule has 0 amide bonds. The molecule has 3 rings (SSSR count). The summed E-state index contributed by atoms with van der Waals surface area (Å²) in [6, 6.07) is 15.0. The lowest BCUT2D eigenvalue weighted by atomic mass is 10.1. The Hall–Kier alpha value is -1.56. The highest BCUT2D eigenvalue weighted by molar-refractivity contribution is 9.10. The summed E-state index contributed by atoms with van der Waals surface area (Å²) in [5.74, 6) is 1.51. The van der Waals surface area contributed by atoms with E-state index < -0.39 is 0 Å². The molecule has 1 atom stereocenters. The summed E-state index contributed by atoms with van der Waals surface area (Å²) in [5.41, 5.74) is 2.32. The first-order valence-corrected chi connectivity index (χ1v) is 10.5. The molecule has 1 N–H and O–H groups in total. The fraction of sp³-hybridized carbons (Fsp3) is 0.455. The molecule has 0 bridgehead atoms. The lowest BCUT2D eigenvalue weighted by Crippen LogP contribution is -2.37. The minimum atomic E-state index is 0.516. The second kappa shape index (κ2) is 10.1. The Morgan fingerprint density at radius 1 is 1.19 bits per heavy atom. The van der Waals surface area contributed by atoms with Crippen molar-refractivity contribution in [2.75, 3.05) is 26.7 Å². The molecule has 0 aliphatic carbocycles. The van der Waals surface area contributed by atoms with Gasteiger partial charge in [0.05, 0.1) is 11.6 Å². The number of nitrogens with zero attached hydrogens (tertiary/aromatic N) is 1. The van der Waals surface area contributed by atoms with Gasteiger partial charge in [-0.15, -0.1) is 0 Å². The third-order valence-corrected chi connectivity index (χ3v) is 5.72. The highest BCUT2D eigenvalue weighted by Gasteiger charge is 2.22. The van der Waals surface area contributed by atoms with Crippen molar-refractivity contribution in [1.29, 1.82) is 0 Å². The summed E-state index contributed by atoms with van der Waals surface area (Å²) in [6.45, 7) is 6.98. The van der Waals surface area contributed by atoms with Crippen LogP contribution < -0.4 is 14.8 Å². The SMILES string of the molecule is CCN1CCC[C@H]1CNCc1cc(Br)c(OCc2ccccc2)c(OC)c1. The van der Waals surface area contributed by atoms with Crippen molar-refractivity contribution in [2.45, 2.75) is 39.0 Å². The Morgan fingerprint density at radius 2 is 2.00 bits per heavy atom. The number of benzene rings is 2. The van der Waals surface area contributed by atoms with Gasteiger partial charge < -0.3 is 14.8 Å². The van der Waals surface area contributed by atoms with Crippen LogP contribution in [0.5, 0.6) is 11.5 Å². The second-order valence-electron chi connectivity index (χ2n) is 6.94. The van der Waals surface area contributed by atoms with E-state index >= 15 is 0 Å². The van der Waals surface area contributed by atoms with Crippen molar-refractivity contribution in [1.82, 2.24) is 10.2 Å². The fourth-order valence-electron chi connectivity index (χ4n) is 3.67. The maximum Gasteiger partial charge on any atom is 0.175 e. The second-order valence-corrected chi connectivity index (χ2v) is 7.79. The number of nitrogens with one attached hydrogen (secondary N) is 1. The van der Waals surface area contributed by atoms with E-state index in [1.165, 1.54) is 24.9 Å². The average molecular weight is 433 g/mol. The van der Waals surface area contributed by atoms with Gasteiger partial charge in [-0.05, 0) is 65.1 Å². The van der Waals surface area contributed by atoms with Gasteiger partial charge in [-0.1, -0.05) is 37.3 Å². The third-order valence-electron chi connectivity index (χ3n) is 5.13. The minimum absolute atomic E-state index is 0.516. The third kappa shape index (κ3) is 5.47. The number of halogens is 1. The largest absolute Gasteiger partial charge is 0.493 e. The van der Waals surface area contributed by atoms with Gasteiger partial charge in [-0.25, -0.2) is 0 Å². The normalized spacial score (nSPS) is 17.2. The van der Waals surface area contributed by atoms with E-state index in [0.717, 1.165) is 41.2 Å². The topological polar surface area (TPSA) is 33.7 Å². The first-order chi connectivity index (χ1) is 13.2. The van der Waals surface area contributed by atoms with Gasteiger partial charge in [-0.3, -0.25) is 4.90 Å². The van der Waals surface area contributed by atoms with E-state index in [-0.39, 0.29) is 0 Å². The standard InChI is InChI=1S/C22H29BrN2O2/c1-3-25-11-7-10-19(25)15-24-14-18-12-20(23)22(21(13-18)26-2)27-16-17-8-5-4-6-9-17/h4-6,8-9,12-13,19,24H,3,7,10-11,14-16H2,1-2H3/t19-/m0/s1. The van der Waals surface area contributed by atoms with Crippen LogP contribution in [-0.2, 0) is 13.2 Å². The van der Waals surface area contributed by atoms with Crippen LogP contribution in [-0.4, -0.2) is 37.7 Å². The molecule has 1 aliphatic rings. The molecule has 4 nitrogen and oxygen atoms in total. The lowest BCUT2D eigenvalue weighted by Gasteiger charge is -2.23. The Kier molecular flexibility index (Phi) is 7.56. The number of likely N-dealkylation sites (tertiary alicyclic amines) is 1. The molecule has 0 unspecified atom stereocenters. The number of methoxy groups -OCH3 is 1. The van der Waals surface area contributed by atoms with Gasteiger partial charge in [-0.2, -0.15) is 0 Å². The minimum Gasteiger partial charge on any atom is -0.493 e. The smallest absolute Gasteiger partial charge is 0.175 e. The molecule has 1 fully saturated rings. The molecule has 2 aromatic rings. The zero-order valence-electron chi connectivity index (χ0n) is 16.2. The van der Waals surface area contributed by atoms with Crippen molar-refractivity contribution in [3.63, 3.8) is 0 Å². The van der Waals surface area contributed by atoms with Gasteiger partial charge in [0, 0.05) is 19.1 Å². The molecule has 5 heteroatoms. The number of likely N-dealkylation sites (N-methyl/N-ethyl adjacent to an activating group) is 1. The van der Waals surface area contributed by atoms with Gasteiger partial charge in [0.25, 0.3) is 0 Å². The van der Waals surface area contributed by atoms with Gasteiger partial charge >= 0.3 is 0 Å². The zero-order valence-corrected chi connectivity index (χ0v) is 17.8.